The molecule has 0 bridgehead atoms. The second kappa shape index (κ2) is 7.78. The Labute approximate surface area is 121 Å². The summed E-state index contributed by atoms with van der Waals surface area (Å²) >= 11 is 0. The minimum Gasteiger partial charge on any atom is -0.497 e. The molecule has 0 aliphatic rings. The van der Waals surface area contributed by atoms with Crippen molar-refractivity contribution in [2.24, 2.45) is 0 Å². The van der Waals surface area contributed by atoms with Crippen molar-refractivity contribution in [3.8, 4) is 5.75 Å². The third-order valence-corrected chi connectivity index (χ3v) is 3.30. The number of nitrogen functional groups attached to an aromatic ring is 1. The zero-order chi connectivity index (χ0) is 15.1. The molecule has 0 aromatic heterocycles. The number of hydrogen-bond acceptors (Lipinski definition) is 3. The van der Waals surface area contributed by atoms with Crippen LogP contribution in [0.25, 0.3) is 0 Å². The lowest BCUT2D eigenvalue weighted by molar-refractivity contribution is 0.0702. The molecule has 1 aromatic carbocycles. The Balaban J connectivity index is 2.91. The van der Waals surface area contributed by atoms with E-state index in [1.54, 1.807) is 25.3 Å². The van der Waals surface area contributed by atoms with Crippen molar-refractivity contribution in [3.05, 3.63) is 23.8 Å². The van der Waals surface area contributed by atoms with Crippen LogP contribution in [0, 0.1) is 0 Å². The summed E-state index contributed by atoms with van der Waals surface area (Å²) in [7, 11) is 1.57. The van der Waals surface area contributed by atoms with E-state index in [0.717, 1.165) is 25.8 Å². The van der Waals surface area contributed by atoms with Gasteiger partial charge in [-0.1, -0.05) is 19.8 Å². The maximum atomic E-state index is 12.6. The van der Waals surface area contributed by atoms with Gasteiger partial charge in [0.25, 0.3) is 5.91 Å². The fourth-order valence-corrected chi connectivity index (χ4v) is 2.16. The number of nitrogens with two attached hydrogens (primary N) is 1. The highest BCUT2D eigenvalue weighted by atomic mass is 16.5. The Morgan fingerprint density at radius 2 is 2.00 bits per heavy atom. The zero-order valence-electron chi connectivity index (χ0n) is 13.0. The van der Waals surface area contributed by atoms with Crippen molar-refractivity contribution in [3.63, 3.8) is 0 Å². The molecule has 0 aliphatic heterocycles. The predicted molar refractivity (Wildman–Crippen MR) is 83.1 cm³/mol. The molecule has 0 unspecified atom stereocenters. The Hall–Kier alpha value is -1.71. The summed E-state index contributed by atoms with van der Waals surface area (Å²) in [5.41, 5.74) is 6.96. The Bertz CT molecular complexity index is 444. The molecular weight excluding hydrogens is 252 g/mol. The molecular formula is C16H26N2O2. The minimum absolute atomic E-state index is 0.0155. The van der Waals surface area contributed by atoms with Gasteiger partial charge in [-0.15, -0.1) is 0 Å². The average Bonchev–Trinajstić information content (AvgIpc) is 2.41. The van der Waals surface area contributed by atoms with Crippen molar-refractivity contribution in [1.29, 1.82) is 0 Å². The standard InChI is InChI=1S/C16H26N2O2/c1-5-6-7-8-18(12(2)3)16(19)13-9-14(17)11-15(10-13)20-4/h9-12H,5-8,17H2,1-4H3. The van der Waals surface area contributed by atoms with Crippen LogP contribution in [0.4, 0.5) is 5.69 Å². The lowest BCUT2D eigenvalue weighted by Gasteiger charge is -2.27. The second-order valence-corrected chi connectivity index (χ2v) is 5.29. The number of amides is 1. The molecule has 1 amide bonds. The van der Waals surface area contributed by atoms with Gasteiger partial charge in [-0.05, 0) is 32.4 Å². The van der Waals surface area contributed by atoms with Crippen LogP contribution in [-0.4, -0.2) is 30.5 Å². The van der Waals surface area contributed by atoms with Gasteiger partial charge in [0.15, 0.2) is 0 Å². The Morgan fingerprint density at radius 3 is 2.55 bits per heavy atom. The summed E-state index contributed by atoms with van der Waals surface area (Å²) in [6.07, 6.45) is 3.31. The quantitative estimate of drug-likeness (QED) is 0.615. The third-order valence-electron chi connectivity index (χ3n) is 3.30. The summed E-state index contributed by atoms with van der Waals surface area (Å²) in [5.74, 6) is 0.632. The van der Waals surface area contributed by atoms with Gasteiger partial charge < -0.3 is 15.4 Å². The monoisotopic (exact) mass is 278 g/mol. The third kappa shape index (κ3) is 4.44. The lowest BCUT2D eigenvalue weighted by atomic mass is 10.1. The molecule has 0 atom stereocenters. The van der Waals surface area contributed by atoms with E-state index in [-0.39, 0.29) is 11.9 Å². The molecule has 0 fully saturated rings. The van der Waals surface area contributed by atoms with Crippen molar-refractivity contribution in [1.82, 2.24) is 4.90 Å². The molecule has 0 saturated heterocycles. The van der Waals surface area contributed by atoms with Gasteiger partial charge in [0.05, 0.1) is 7.11 Å². The molecule has 1 rings (SSSR count). The van der Waals surface area contributed by atoms with E-state index in [0.29, 0.717) is 17.0 Å². The van der Waals surface area contributed by atoms with Crippen LogP contribution >= 0.6 is 0 Å². The number of carbonyl (C=O) groups excluding carboxylic acids is 1. The van der Waals surface area contributed by atoms with E-state index in [1.807, 2.05) is 18.7 Å². The first kappa shape index (κ1) is 16.3. The SMILES string of the molecule is CCCCCN(C(=O)c1cc(N)cc(OC)c1)C(C)C. The van der Waals surface area contributed by atoms with Crippen LogP contribution in [0.5, 0.6) is 5.75 Å². The zero-order valence-corrected chi connectivity index (χ0v) is 13.0. The van der Waals surface area contributed by atoms with E-state index in [4.69, 9.17) is 10.5 Å². The van der Waals surface area contributed by atoms with Gasteiger partial charge in [0.2, 0.25) is 0 Å². The smallest absolute Gasteiger partial charge is 0.254 e. The predicted octanol–water partition coefficient (Wildman–Crippen LogP) is 3.32. The largest absolute Gasteiger partial charge is 0.497 e. The van der Waals surface area contributed by atoms with E-state index < -0.39 is 0 Å². The van der Waals surface area contributed by atoms with E-state index in [1.165, 1.54) is 0 Å². The first-order valence-corrected chi connectivity index (χ1v) is 7.25. The van der Waals surface area contributed by atoms with Gasteiger partial charge in [-0.3, -0.25) is 4.79 Å². The van der Waals surface area contributed by atoms with Gasteiger partial charge in [0, 0.05) is 29.9 Å². The number of anilines is 1. The summed E-state index contributed by atoms with van der Waals surface area (Å²) in [6, 6.07) is 5.34. The normalized spacial score (nSPS) is 10.7. The number of methoxy groups -OCH3 is 1. The topological polar surface area (TPSA) is 55.6 Å². The van der Waals surface area contributed by atoms with Crippen LogP contribution in [-0.2, 0) is 0 Å². The van der Waals surface area contributed by atoms with E-state index in [9.17, 15) is 4.79 Å². The van der Waals surface area contributed by atoms with Gasteiger partial charge in [-0.25, -0.2) is 0 Å². The second-order valence-electron chi connectivity index (χ2n) is 5.29. The number of nitrogens with zero attached hydrogens (tertiary/aromatic N) is 1. The highest BCUT2D eigenvalue weighted by Crippen LogP contribution is 2.20. The first-order chi connectivity index (χ1) is 9.49. The molecule has 4 heteroatoms. The number of rotatable bonds is 7. The molecule has 0 heterocycles. The summed E-state index contributed by atoms with van der Waals surface area (Å²) < 4.78 is 5.17. The van der Waals surface area contributed by atoms with Crippen LogP contribution in [0.1, 0.15) is 50.4 Å². The molecule has 0 radical (unpaired) electrons. The van der Waals surface area contributed by atoms with Crippen LogP contribution in [0.15, 0.2) is 18.2 Å². The van der Waals surface area contributed by atoms with Crippen molar-refractivity contribution < 1.29 is 9.53 Å². The molecule has 2 N–H and O–H groups in total. The van der Waals surface area contributed by atoms with Gasteiger partial charge in [-0.2, -0.15) is 0 Å². The summed E-state index contributed by atoms with van der Waals surface area (Å²) in [5, 5.41) is 0. The van der Waals surface area contributed by atoms with Crippen LogP contribution in [0.2, 0.25) is 0 Å². The molecule has 0 spiro atoms. The molecule has 0 aliphatic carbocycles. The van der Waals surface area contributed by atoms with Crippen LogP contribution < -0.4 is 10.5 Å². The van der Waals surface area contributed by atoms with E-state index in [2.05, 4.69) is 6.92 Å². The van der Waals surface area contributed by atoms with Crippen molar-refractivity contribution >= 4 is 11.6 Å². The first-order valence-electron chi connectivity index (χ1n) is 7.25. The number of carbonyl (C=O) groups is 1. The van der Waals surface area contributed by atoms with Crippen molar-refractivity contribution in [2.45, 2.75) is 46.1 Å². The fraction of sp³-hybridized carbons (Fsp3) is 0.562. The van der Waals surface area contributed by atoms with Gasteiger partial charge >= 0.3 is 0 Å². The summed E-state index contributed by atoms with van der Waals surface area (Å²) in [4.78, 5) is 14.5. The minimum atomic E-state index is 0.0155. The average molecular weight is 278 g/mol. The molecule has 20 heavy (non-hydrogen) atoms. The fourth-order valence-electron chi connectivity index (χ4n) is 2.16. The van der Waals surface area contributed by atoms with Gasteiger partial charge in [0.1, 0.15) is 5.75 Å². The molecule has 1 aromatic rings. The maximum absolute atomic E-state index is 12.6. The molecule has 0 saturated carbocycles. The Morgan fingerprint density at radius 1 is 1.30 bits per heavy atom. The maximum Gasteiger partial charge on any atom is 0.254 e. The number of ether oxygens (including phenoxy) is 1. The number of unbranched alkanes of at least 4 members (excludes halogenated alkanes) is 2. The number of benzene rings is 1. The summed E-state index contributed by atoms with van der Waals surface area (Å²) in [6.45, 7) is 7.01. The highest BCUT2D eigenvalue weighted by Gasteiger charge is 2.19. The Kier molecular flexibility index (Phi) is 6.36. The van der Waals surface area contributed by atoms with E-state index >= 15 is 0 Å². The van der Waals surface area contributed by atoms with Crippen molar-refractivity contribution in [2.75, 3.05) is 19.4 Å². The highest BCUT2D eigenvalue weighted by molar-refractivity contribution is 5.95. The lowest BCUT2D eigenvalue weighted by Crippen LogP contribution is -2.37. The molecule has 4 nitrogen and oxygen atoms in total. The van der Waals surface area contributed by atoms with Crippen LogP contribution in [0.3, 0.4) is 0 Å². The molecule has 112 valence electrons. The number of hydrogen-bond donors (Lipinski definition) is 1.